The molecule has 442 valence electrons. The van der Waals surface area contributed by atoms with Crippen molar-refractivity contribution in [2.24, 2.45) is 9.98 Å². The number of guanidine groups is 1. The summed E-state index contributed by atoms with van der Waals surface area (Å²) in [6, 6.07) is 84.1. The van der Waals surface area contributed by atoms with Gasteiger partial charge in [0.05, 0.1) is 28.7 Å². The number of anilines is 5. The summed E-state index contributed by atoms with van der Waals surface area (Å²) < 4.78 is 30.1. The molecular formula is C80H53N9O4. The van der Waals surface area contributed by atoms with Gasteiger partial charge in [0.15, 0.2) is 11.2 Å². The number of hydrogen-bond donors (Lipinski definition) is 1. The number of allylic oxidation sites excluding steroid dienone is 4. The fourth-order valence-electron chi connectivity index (χ4n) is 13.5. The van der Waals surface area contributed by atoms with Crippen LogP contribution in [0, 0.1) is 0 Å². The van der Waals surface area contributed by atoms with E-state index in [2.05, 4.69) is 225 Å². The number of aromatic nitrogens is 4. The topological polar surface area (TPSA) is 139 Å². The maximum atomic E-state index is 7.31. The first-order valence-electron chi connectivity index (χ1n) is 31.0. The summed E-state index contributed by atoms with van der Waals surface area (Å²) in [6.07, 6.45) is 14.2. The third-order valence-corrected chi connectivity index (χ3v) is 17.8. The number of nitrogens with zero attached hydrogens (tertiary/aromatic N) is 8. The Bertz CT molecular complexity index is 5670. The molecular weight excluding hydrogens is 1150 g/mol. The fraction of sp³-hybridized carbons (Fsp3) is 0.0375. The summed E-state index contributed by atoms with van der Waals surface area (Å²) in [7, 11) is 0. The van der Waals surface area contributed by atoms with Crippen LogP contribution in [-0.4, -0.2) is 38.5 Å². The Morgan fingerprint density at radius 3 is 1.58 bits per heavy atom. The molecule has 1 atom stereocenters. The Labute approximate surface area is 532 Å². The van der Waals surface area contributed by atoms with Gasteiger partial charge in [-0.1, -0.05) is 158 Å². The van der Waals surface area contributed by atoms with E-state index < -0.39 is 0 Å². The predicted molar refractivity (Wildman–Crippen MR) is 373 cm³/mol. The van der Waals surface area contributed by atoms with Crippen molar-refractivity contribution in [2.75, 3.05) is 16.5 Å². The van der Waals surface area contributed by atoms with Gasteiger partial charge in [0.25, 0.3) is 0 Å². The van der Waals surface area contributed by atoms with E-state index in [4.69, 9.17) is 37.6 Å². The third-order valence-electron chi connectivity index (χ3n) is 17.8. The van der Waals surface area contributed by atoms with Crippen molar-refractivity contribution in [1.82, 2.24) is 24.8 Å². The predicted octanol–water partition coefficient (Wildman–Crippen LogP) is 20.4. The molecule has 1 unspecified atom stereocenters. The number of aliphatic imine (C=N–C) groups is 2. The lowest BCUT2D eigenvalue weighted by Crippen LogP contribution is -2.30. The molecule has 0 spiro atoms. The van der Waals surface area contributed by atoms with E-state index in [0.29, 0.717) is 41.0 Å². The highest BCUT2D eigenvalue weighted by Crippen LogP contribution is 2.53. The van der Waals surface area contributed by atoms with Crippen LogP contribution in [0.25, 0.3) is 128 Å². The normalized spacial score (nSPS) is 13.8. The molecule has 13 heteroatoms. The number of furan rings is 4. The molecule has 0 fully saturated rings. The largest absolute Gasteiger partial charge is 0.460 e. The van der Waals surface area contributed by atoms with Gasteiger partial charge in [-0.05, 0) is 138 Å². The van der Waals surface area contributed by atoms with Gasteiger partial charge < -0.3 is 27.6 Å². The average Bonchev–Trinajstić information content (AvgIpc) is 1.58. The highest BCUT2D eigenvalue weighted by molar-refractivity contribution is 6.38. The third kappa shape index (κ3) is 9.12. The molecule has 1 aliphatic carbocycles. The van der Waals surface area contributed by atoms with Crippen molar-refractivity contribution in [3.8, 4) is 61.9 Å². The quantitative estimate of drug-likeness (QED) is 0.126. The minimum atomic E-state index is 0.183. The molecule has 0 saturated heterocycles. The minimum Gasteiger partial charge on any atom is -0.460 e. The molecule has 7 heterocycles. The van der Waals surface area contributed by atoms with Crippen LogP contribution in [0.5, 0.6) is 0 Å². The lowest BCUT2D eigenvalue weighted by atomic mass is 9.94. The molecule has 2 aliphatic rings. The number of nitrogens with one attached hydrogen (secondary N) is 1. The van der Waals surface area contributed by atoms with Crippen LogP contribution in [0.2, 0.25) is 0 Å². The zero-order chi connectivity index (χ0) is 61.3. The number of hydrogen-bond acceptors (Lipinski definition) is 12. The molecule has 6 aromatic heterocycles. The lowest BCUT2D eigenvalue weighted by Gasteiger charge is -2.26. The Hall–Kier alpha value is -12.6. The Balaban J connectivity index is 0.933. The first-order chi connectivity index (χ1) is 46.1. The maximum Gasteiger partial charge on any atom is 0.237 e. The maximum absolute atomic E-state index is 7.31. The molecule has 1 aliphatic heterocycles. The van der Waals surface area contributed by atoms with Gasteiger partial charge in [0.1, 0.15) is 53.5 Å². The summed E-state index contributed by atoms with van der Waals surface area (Å²) in [4.78, 5) is 28.3. The summed E-state index contributed by atoms with van der Waals surface area (Å²) in [5, 5.41) is 8.83. The summed E-state index contributed by atoms with van der Waals surface area (Å²) in [6.45, 7) is 0.321. The highest BCUT2D eigenvalue weighted by Gasteiger charge is 2.32. The smallest absolute Gasteiger partial charge is 0.237 e. The number of para-hydroxylation sites is 2. The van der Waals surface area contributed by atoms with Gasteiger partial charge >= 0.3 is 0 Å². The summed E-state index contributed by atoms with van der Waals surface area (Å²) >= 11 is 0. The van der Waals surface area contributed by atoms with E-state index in [-0.39, 0.29) is 5.92 Å². The average molecular weight is 1200 g/mol. The SMILES string of the molecule is C1=CCC(c2ccc(-c3ccc(N(C4=NCNC=N4)c4cc5c(c6c4oc4ccccc46)c4c6c(oc7ccccc76)c(N(c6ccc(-c7ccc(-c8ccccc8)o7)cc6)c6ncncn6)cc4n5-c4ccc(-c5ccccc5)c(-c5ccccc5)c4)cc3)o2)C=C1. The number of benzene rings is 10. The highest BCUT2D eigenvalue weighted by atomic mass is 16.3. The number of rotatable bonds is 12. The van der Waals surface area contributed by atoms with Crippen LogP contribution >= 0.6 is 0 Å². The summed E-state index contributed by atoms with van der Waals surface area (Å²) in [5.41, 5.74) is 15.7. The van der Waals surface area contributed by atoms with E-state index in [1.807, 2.05) is 66.7 Å². The standard InChI is InChI=1S/C80H53N9O4/c1-5-17-50(18-6-1)59-38-37-58(43-62(59)51-19-7-2-8-20-51)87-63-44-65(88(79-83-46-81-47-84-79)56-33-29-54(30-34-56)69-41-39-67(90-69)52-21-9-3-10-22-52)77-73(60-25-13-15-27-71(60)92-77)75(63)76-64(87)45-66(78-74(76)61-26-14-16-28-72(61)93-78)89(80-85-48-82-49-86-80)57-35-31-55(32-36-57)70-42-40-68(91-70)53-23-11-4-12-24-53/h1-23,25-48,53H,24,49H2,(H,82,85,86). The van der Waals surface area contributed by atoms with Crippen molar-refractivity contribution < 1.29 is 17.7 Å². The summed E-state index contributed by atoms with van der Waals surface area (Å²) in [5.74, 6) is 4.31. The molecule has 18 rings (SSSR count). The Morgan fingerprint density at radius 1 is 0.452 bits per heavy atom. The van der Waals surface area contributed by atoms with Gasteiger partial charge in [0.2, 0.25) is 11.9 Å². The zero-order valence-corrected chi connectivity index (χ0v) is 49.8. The second-order valence-corrected chi connectivity index (χ2v) is 23.2. The molecule has 16 aromatic rings. The zero-order valence-electron chi connectivity index (χ0n) is 49.8. The van der Waals surface area contributed by atoms with Crippen LogP contribution in [0.3, 0.4) is 0 Å². The van der Waals surface area contributed by atoms with E-state index >= 15 is 0 Å². The lowest BCUT2D eigenvalue weighted by molar-refractivity contribution is 0.501. The molecule has 0 bridgehead atoms. The van der Waals surface area contributed by atoms with Crippen molar-refractivity contribution in [1.29, 1.82) is 0 Å². The Kier molecular flexibility index (Phi) is 12.7. The van der Waals surface area contributed by atoms with Crippen molar-refractivity contribution >= 4 is 107 Å². The van der Waals surface area contributed by atoms with Crippen LogP contribution in [0.4, 0.5) is 28.7 Å². The van der Waals surface area contributed by atoms with Crippen LogP contribution in [0.15, 0.2) is 307 Å². The van der Waals surface area contributed by atoms with Gasteiger partial charge in [-0.15, -0.1) is 0 Å². The van der Waals surface area contributed by atoms with Crippen LogP contribution < -0.4 is 15.1 Å². The van der Waals surface area contributed by atoms with E-state index in [9.17, 15) is 0 Å². The first-order valence-corrected chi connectivity index (χ1v) is 31.0. The molecule has 0 amide bonds. The second kappa shape index (κ2) is 22.2. The van der Waals surface area contributed by atoms with Crippen LogP contribution in [0.1, 0.15) is 18.1 Å². The van der Waals surface area contributed by atoms with E-state index in [1.165, 1.54) is 12.7 Å². The van der Waals surface area contributed by atoms with E-state index in [0.717, 1.165) is 140 Å². The van der Waals surface area contributed by atoms with Gasteiger partial charge in [-0.3, -0.25) is 9.80 Å². The van der Waals surface area contributed by atoms with E-state index in [1.54, 1.807) is 6.34 Å². The molecule has 0 radical (unpaired) electrons. The Morgan fingerprint density at radius 2 is 0.989 bits per heavy atom. The van der Waals surface area contributed by atoms with Gasteiger partial charge in [-0.25, -0.2) is 24.9 Å². The van der Waals surface area contributed by atoms with Gasteiger partial charge in [0, 0.05) is 72.0 Å². The van der Waals surface area contributed by atoms with Crippen LogP contribution in [-0.2, 0) is 0 Å². The molecule has 1 N–H and O–H groups in total. The van der Waals surface area contributed by atoms with Gasteiger partial charge in [-0.2, -0.15) is 0 Å². The molecule has 93 heavy (non-hydrogen) atoms. The minimum absolute atomic E-state index is 0.183. The monoisotopic (exact) mass is 1200 g/mol. The molecule has 13 nitrogen and oxygen atoms in total. The van der Waals surface area contributed by atoms with Crippen molar-refractivity contribution in [3.63, 3.8) is 0 Å². The second-order valence-electron chi connectivity index (χ2n) is 23.2. The van der Waals surface area contributed by atoms with Crippen molar-refractivity contribution in [2.45, 2.75) is 12.3 Å². The first kappa shape index (κ1) is 53.4. The van der Waals surface area contributed by atoms with Crippen molar-refractivity contribution in [3.05, 3.63) is 285 Å². The molecule has 0 saturated carbocycles. The molecule has 10 aromatic carbocycles. The fourth-order valence-corrected chi connectivity index (χ4v) is 13.5. The number of fused-ring (bicyclic) bond motifs is 11.